The first-order valence-corrected chi connectivity index (χ1v) is 10.1. The van der Waals surface area contributed by atoms with E-state index in [0.717, 1.165) is 36.3 Å². The number of ether oxygens (including phenoxy) is 2. The Morgan fingerprint density at radius 1 is 1.25 bits per heavy atom. The molecule has 1 aliphatic heterocycles. The van der Waals surface area contributed by atoms with Crippen LogP contribution in [0, 0.1) is 5.41 Å². The summed E-state index contributed by atoms with van der Waals surface area (Å²) in [5.74, 6) is 0.453. The zero-order valence-electron chi connectivity index (χ0n) is 18.2. The van der Waals surface area contributed by atoms with E-state index in [1.165, 1.54) is 11.3 Å². The van der Waals surface area contributed by atoms with E-state index in [1.54, 1.807) is 7.11 Å². The van der Waals surface area contributed by atoms with Gasteiger partial charge < -0.3 is 14.8 Å². The molecule has 3 rings (SSSR count). The topological polar surface area (TPSA) is 47.6 Å². The molecule has 2 aliphatic rings. The molecule has 0 radical (unpaired) electrons. The third kappa shape index (κ3) is 4.26. The number of hydrogen-bond acceptors (Lipinski definition) is 4. The van der Waals surface area contributed by atoms with Crippen molar-refractivity contribution in [1.29, 1.82) is 0 Å². The summed E-state index contributed by atoms with van der Waals surface area (Å²) < 4.78 is 11.2. The number of carbonyl (C=O) groups is 1. The normalized spacial score (nSPS) is 21.8. The molecule has 1 unspecified atom stereocenters. The summed E-state index contributed by atoms with van der Waals surface area (Å²) in [7, 11) is 1.67. The summed E-state index contributed by atoms with van der Waals surface area (Å²) in [5.41, 5.74) is 4.96. The number of benzene rings is 1. The molecular weight excluding hydrogens is 350 g/mol. The van der Waals surface area contributed by atoms with Gasteiger partial charge in [0.25, 0.3) is 0 Å². The first kappa shape index (κ1) is 20.5. The van der Waals surface area contributed by atoms with Crippen LogP contribution >= 0.6 is 0 Å². The van der Waals surface area contributed by atoms with Crippen molar-refractivity contribution in [2.75, 3.05) is 7.11 Å². The molecule has 1 heterocycles. The number of rotatable bonds is 3. The van der Waals surface area contributed by atoms with Crippen LogP contribution in [-0.2, 0) is 9.53 Å². The van der Waals surface area contributed by atoms with Gasteiger partial charge in [0.15, 0.2) is 0 Å². The van der Waals surface area contributed by atoms with Gasteiger partial charge in [-0.3, -0.25) is 0 Å². The van der Waals surface area contributed by atoms with E-state index in [-0.39, 0.29) is 17.3 Å². The molecule has 0 amide bonds. The van der Waals surface area contributed by atoms with Crippen molar-refractivity contribution in [2.45, 2.75) is 72.3 Å². The quantitative estimate of drug-likeness (QED) is 0.704. The Kier molecular flexibility index (Phi) is 5.35. The van der Waals surface area contributed by atoms with E-state index < -0.39 is 5.60 Å². The number of carbonyl (C=O) groups excluding carboxylic acids is 1. The lowest BCUT2D eigenvalue weighted by molar-refractivity contribution is -0.150. The van der Waals surface area contributed by atoms with Crippen molar-refractivity contribution < 1.29 is 14.3 Å². The third-order valence-corrected chi connectivity index (χ3v) is 5.54. The van der Waals surface area contributed by atoms with E-state index in [0.29, 0.717) is 5.57 Å². The van der Waals surface area contributed by atoms with Crippen molar-refractivity contribution in [3.8, 4) is 5.75 Å². The SMILES string of the molecule is COc1cccc(C2C3=C(CC(C)(C)CC3)NC(C)=C2C(=O)OC(C)(C)C)c1. The van der Waals surface area contributed by atoms with Crippen LogP contribution < -0.4 is 10.1 Å². The second-order valence-electron chi connectivity index (χ2n) is 9.72. The molecule has 1 N–H and O–H groups in total. The van der Waals surface area contributed by atoms with Crippen LogP contribution in [0.15, 0.2) is 46.8 Å². The maximum atomic E-state index is 13.2. The van der Waals surface area contributed by atoms with Crippen LogP contribution in [0.2, 0.25) is 0 Å². The number of esters is 1. The molecule has 1 aromatic rings. The van der Waals surface area contributed by atoms with Crippen molar-refractivity contribution in [2.24, 2.45) is 5.41 Å². The molecule has 0 saturated carbocycles. The minimum absolute atomic E-state index is 0.0997. The Bertz CT molecular complexity index is 840. The van der Waals surface area contributed by atoms with E-state index in [2.05, 4.69) is 25.2 Å². The fourth-order valence-electron chi connectivity index (χ4n) is 4.22. The van der Waals surface area contributed by atoms with Gasteiger partial charge in [0.2, 0.25) is 0 Å². The van der Waals surface area contributed by atoms with Crippen LogP contribution in [-0.4, -0.2) is 18.7 Å². The molecule has 1 atom stereocenters. The minimum Gasteiger partial charge on any atom is -0.497 e. The number of dihydropyridines is 1. The number of methoxy groups -OCH3 is 1. The van der Waals surface area contributed by atoms with Gasteiger partial charge in [-0.25, -0.2) is 4.79 Å². The average Bonchev–Trinajstić information content (AvgIpc) is 2.58. The number of allylic oxidation sites excluding steroid dienone is 3. The zero-order valence-corrected chi connectivity index (χ0v) is 18.2. The number of hydrogen-bond donors (Lipinski definition) is 1. The zero-order chi connectivity index (χ0) is 20.7. The van der Waals surface area contributed by atoms with Crippen molar-refractivity contribution >= 4 is 5.97 Å². The molecule has 0 aromatic heterocycles. The lowest BCUT2D eigenvalue weighted by Crippen LogP contribution is -2.36. The Labute approximate surface area is 169 Å². The highest BCUT2D eigenvalue weighted by Gasteiger charge is 2.39. The predicted molar refractivity (Wildman–Crippen MR) is 112 cm³/mol. The highest BCUT2D eigenvalue weighted by atomic mass is 16.6. The van der Waals surface area contributed by atoms with Crippen LogP contribution in [0.1, 0.15) is 72.3 Å². The van der Waals surface area contributed by atoms with Crippen LogP contribution in [0.25, 0.3) is 0 Å². The van der Waals surface area contributed by atoms with Gasteiger partial charge in [0.1, 0.15) is 11.4 Å². The lowest BCUT2D eigenvalue weighted by atomic mass is 9.69. The molecule has 4 heteroatoms. The van der Waals surface area contributed by atoms with Gasteiger partial charge in [-0.2, -0.15) is 0 Å². The molecule has 1 aliphatic carbocycles. The Hall–Kier alpha value is -2.23. The minimum atomic E-state index is -0.535. The van der Waals surface area contributed by atoms with Crippen molar-refractivity contribution in [3.63, 3.8) is 0 Å². The summed E-state index contributed by atoms with van der Waals surface area (Å²) in [4.78, 5) is 13.2. The summed E-state index contributed by atoms with van der Waals surface area (Å²) in [6, 6.07) is 8.05. The highest BCUT2D eigenvalue weighted by molar-refractivity contribution is 5.93. The first-order chi connectivity index (χ1) is 13.0. The molecule has 0 saturated heterocycles. The maximum Gasteiger partial charge on any atom is 0.337 e. The monoisotopic (exact) mass is 383 g/mol. The molecule has 1 aromatic carbocycles. The van der Waals surface area contributed by atoms with Gasteiger partial charge in [-0.15, -0.1) is 0 Å². The van der Waals surface area contributed by atoms with Gasteiger partial charge in [-0.1, -0.05) is 26.0 Å². The summed E-state index contributed by atoms with van der Waals surface area (Å²) in [6.45, 7) is 12.3. The van der Waals surface area contributed by atoms with Crippen LogP contribution in [0.4, 0.5) is 0 Å². The van der Waals surface area contributed by atoms with Gasteiger partial charge in [0, 0.05) is 17.3 Å². The largest absolute Gasteiger partial charge is 0.497 e. The molecule has 0 fully saturated rings. The Morgan fingerprint density at radius 2 is 1.96 bits per heavy atom. The highest BCUT2D eigenvalue weighted by Crippen LogP contribution is 2.48. The van der Waals surface area contributed by atoms with Crippen molar-refractivity contribution in [1.82, 2.24) is 5.32 Å². The smallest absolute Gasteiger partial charge is 0.337 e. The average molecular weight is 384 g/mol. The molecule has 152 valence electrons. The standard InChI is InChI=1S/C24H33NO3/c1-15-20(22(26)28-23(2,3)4)21(16-9-8-10-17(13-16)27-7)18-11-12-24(5,6)14-19(18)25-15/h8-10,13,21,25H,11-12,14H2,1-7H3. The molecular formula is C24H33NO3. The second kappa shape index (κ2) is 7.31. The van der Waals surface area contributed by atoms with Gasteiger partial charge in [0.05, 0.1) is 12.7 Å². The van der Waals surface area contributed by atoms with Crippen LogP contribution in [0.5, 0.6) is 5.75 Å². The fraction of sp³-hybridized carbons (Fsp3) is 0.542. The number of nitrogens with one attached hydrogen (secondary N) is 1. The molecule has 0 bridgehead atoms. The lowest BCUT2D eigenvalue weighted by Gasteiger charge is -2.41. The fourth-order valence-corrected chi connectivity index (χ4v) is 4.22. The molecule has 0 spiro atoms. The summed E-state index contributed by atoms with van der Waals surface area (Å²) in [6.07, 6.45) is 3.06. The van der Waals surface area contributed by atoms with E-state index in [1.807, 2.05) is 45.9 Å². The Balaban J connectivity index is 2.11. The summed E-state index contributed by atoms with van der Waals surface area (Å²) >= 11 is 0. The van der Waals surface area contributed by atoms with E-state index in [4.69, 9.17) is 9.47 Å². The maximum absolute atomic E-state index is 13.2. The van der Waals surface area contributed by atoms with Crippen molar-refractivity contribution in [3.05, 3.63) is 52.4 Å². The third-order valence-electron chi connectivity index (χ3n) is 5.54. The van der Waals surface area contributed by atoms with E-state index in [9.17, 15) is 4.79 Å². The summed E-state index contributed by atoms with van der Waals surface area (Å²) in [5, 5.41) is 3.55. The first-order valence-electron chi connectivity index (χ1n) is 10.1. The Morgan fingerprint density at radius 3 is 2.61 bits per heavy atom. The second-order valence-corrected chi connectivity index (χ2v) is 9.72. The van der Waals surface area contributed by atoms with Gasteiger partial charge >= 0.3 is 5.97 Å². The van der Waals surface area contributed by atoms with Gasteiger partial charge in [-0.05, 0) is 75.6 Å². The van der Waals surface area contributed by atoms with Crippen LogP contribution in [0.3, 0.4) is 0 Å². The predicted octanol–water partition coefficient (Wildman–Crippen LogP) is 5.46. The van der Waals surface area contributed by atoms with E-state index >= 15 is 0 Å². The molecule has 28 heavy (non-hydrogen) atoms. The molecule has 4 nitrogen and oxygen atoms in total.